The van der Waals surface area contributed by atoms with Crippen LogP contribution in [0.5, 0.6) is 0 Å². The molecule has 0 aromatic carbocycles. The minimum absolute atomic E-state index is 0.227. The molecule has 0 aliphatic carbocycles. The number of carbonyl (C=O) groups is 2. The molecule has 0 bridgehead atoms. The third-order valence-corrected chi connectivity index (χ3v) is 1.53. The third kappa shape index (κ3) is 1.50. The maximum atomic E-state index is 11.2. The van der Waals surface area contributed by atoms with Crippen molar-refractivity contribution in [2.45, 2.75) is 6.92 Å². The van der Waals surface area contributed by atoms with E-state index in [4.69, 9.17) is 5.11 Å². The molecule has 0 amide bonds. The van der Waals surface area contributed by atoms with E-state index >= 15 is 0 Å². The van der Waals surface area contributed by atoms with Crippen LogP contribution in [0, 0.1) is 5.92 Å². The Morgan fingerprint density at radius 1 is 1.67 bits per heavy atom. The number of aromatic amines is 1. The summed E-state index contributed by atoms with van der Waals surface area (Å²) in [5.74, 6) is -2.61. The van der Waals surface area contributed by atoms with Crippen LogP contribution in [0.1, 0.15) is 17.4 Å². The van der Waals surface area contributed by atoms with Gasteiger partial charge < -0.3 is 10.1 Å². The Morgan fingerprint density at radius 2 is 2.33 bits per heavy atom. The van der Waals surface area contributed by atoms with Crippen LogP contribution in [0.2, 0.25) is 0 Å². The summed E-state index contributed by atoms with van der Waals surface area (Å²) >= 11 is 0. The molecule has 0 spiro atoms. The summed E-state index contributed by atoms with van der Waals surface area (Å²) in [6.45, 7) is 1.34. The summed E-state index contributed by atoms with van der Waals surface area (Å²) in [5, 5.41) is 8.50. The van der Waals surface area contributed by atoms with Crippen LogP contribution in [0.4, 0.5) is 0 Å². The van der Waals surface area contributed by atoms with Crippen molar-refractivity contribution in [2.24, 2.45) is 5.92 Å². The number of Topliss-reactive ketones (excluding diaryl/α,β-unsaturated/α-hetero) is 1. The molecule has 1 aromatic rings. The number of aliphatic carboxylic acids is 1. The van der Waals surface area contributed by atoms with Crippen molar-refractivity contribution < 1.29 is 14.7 Å². The number of aromatic nitrogens is 2. The van der Waals surface area contributed by atoms with Crippen LogP contribution in [0.15, 0.2) is 12.5 Å². The first kappa shape index (κ1) is 8.45. The topological polar surface area (TPSA) is 83.0 Å². The van der Waals surface area contributed by atoms with Crippen molar-refractivity contribution in [3.63, 3.8) is 0 Å². The van der Waals surface area contributed by atoms with E-state index in [0.29, 0.717) is 0 Å². The van der Waals surface area contributed by atoms with Gasteiger partial charge >= 0.3 is 5.97 Å². The number of nitrogens with one attached hydrogen (secondary N) is 1. The molecule has 1 aromatic heterocycles. The zero-order chi connectivity index (χ0) is 9.14. The Morgan fingerprint density at radius 3 is 2.75 bits per heavy atom. The summed E-state index contributed by atoms with van der Waals surface area (Å²) in [5.41, 5.74) is 0.227. The second-order valence-electron chi connectivity index (χ2n) is 2.39. The number of carbonyl (C=O) groups excluding carboxylic acids is 1. The Balaban J connectivity index is 2.79. The van der Waals surface area contributed by atoms with E-state index in [9.17, 15) is 9.59 Å². The summed E-state index contributed by atoms with van der Waals surface area (Å²) in [7, 11) is 0. The molecule has 0 saturated carbocycles. The molecular weight excluding hydrogens is 160 g/mol. The number of imidazole rings is 1. The van der Waals surface area contributed by atoms with Crippen LogP contribution in [-0.2, 0) is 4.79 Å². The van der Waals surface area contributed by atoms with Gasteiger partial charge in [-0.05, 0) is 6.92 Å². The van der Waals surface area contributed by atoms with Gasteiger partial charge in [0.1, 0.15) is 11.6 Å². The molecule has 1 heterocycles. The Hall–Kier alpha value is -1.65. The zero-order valence-corrected chi connectivity index (χ0v) is 6.44. The minimum Gasteiger partial charge on any atom is -0.481 e. The average Bonchev–Trinajstić information content (AvgIpc) is 2.53. The molecule has 0 radical (unpaired) electrons. The highest BCUT2D eigenvalue weighted by molar-refractivity contribution is 6.06. The quantitative estimate of drug-likeness (QED) is 0.502. The van der Waals surface area contributed by atoms with Gasteiger partial charge in [0.2, 0.25) is 0 Å². The van der Waals surface area contributed by atoms with E-state index in [1.807, 2.05) is 0 Å². The van der Waals surface area contributed by atoms with Gasteiger partial charge in [0, 0.05) is 0 Å². The average molecular weight is 168 g/mol. The van der Waals surface area contributed by atoms with Crippen LogP contribution < -0.4 is 0 Å². The standard InChI is InChI=1S/C7H8N2O3/c1-4(7(11)12)6(10)5-2-8-3-9-5/h2-4H,1H3,(H,8,9)(H,11,12)/t4-/m1/s1. The lowest BCUT2D eigenvalue weighted by Gasteiger charge is -2.00. The van der Waals surface area contributed by atoms with Crippen molar-refractivity contribution in [1.82, 2.24) is 9.97 Å². The molecule has 5 nitrogen and oxygen atoms in total. The molecule has 0 fully saturated rings. The number of carboxylic acids is 1. The lowest BCUT2D eigenvalue weighted by atomic mass is 10.1. The summed E-state index contributed by atoms with van der Waals surface area (Å²) in [6, 6.07) is 0. The number of hydrogen-bond acceptors (Lipinski definition) is 3. The van der Waals surface area contributed by atoms with Gasteiger partial charge in [0.05, 0.1) is 12.5 Å². The predicted octanol–water partition coefficient (Wildman–Crippen LogP) is 0.313. The molecule has 2 N–H and O–H groups in total. The van der Waals surface area contributed by atoms with Crippen LogP contribution >= 0.6 is 0 Å². The second-order valence-corrected chi connectivity index (χ2v) is 2.39. The molecule has 12 heavy (non-hydrogen) atoms. The normalized spacial score (nSPS) is 12.4. The van der Waals surface area contributed by atoms with Crippen molar-refractivity contribution in [1.29, 1.82) is 0 Å². The molecule has 0 aliphatic rings. The molecule has 1 rings (SSSR count). The van der Waals surface area contributed by atoms with Crippen molar-refractivity contribution in [3.05, 3.63) is 18.2 Å². The molecular formula is C7H8N2O3. The van der Waals surface area contributed by atoms with Gasteiger partial charge in [0.15, 0.2) is 5.78 Å². The second kappa shape index (κ2) is 3.17. The van der Waals surface area contributed by atoms with Gasteiger partial charge in [-0.15, -0.1) is 0 Å². The molecule has 0 unspecified atom stereocenters. The van der Waals surface area contributed by atoms with Crippen LogP contribution in [-0.4, -0.2) is 26.8 Å². The van der Waals surface area contributed by atoms with Crippen molar-refractivity contribution in [3.8, 4) is 0 Å². The minimum atomic E-state index is -1.13. The largest absolute Gasteiger partial charge is 0.481 e. The van der Waals surface area contributed by atoms with E-state index in [0.717, 1.165) is 0 Å². The Bertz CT molecular complexity index is 292. The highest BCUT2D eigenvalue weighted by Gasteiger charge is 2.22. The summed E-state index contributed by atoms with van der Waals surface area (Å²) < 4.78 is 0. The molecule has 1 atom stereocenters. The van der Waals surface area contributed by atoms with E-state index in [1.165, 1.54) is 19.4 Å². The lowest BCUT2D eigenvalue weighted by Crippen LogP contribution is -2.20. The number of nitrogens with zero attached hydrogens (tertiary/aromatic N) is 1. The van der Waals surface area contributed by atoms with Crippen molar-refractivity contribution >= 4 is 11.8 Å². The van der Waals surface area contributed by atoms with Crippen LogP contribution in [0.25, 0.3) is 0 Å². The SMILES string of the molecule is C[C@@H](C(=O)O)C(=O)c1cnc[nH]1. The Labute approximate surface area is 68.4 Å². The van der Waals surface area contributed by atoms with Gasteiger partial charge in [-0.25, -0.2) is 4.98 Å². The highest BCUT2D eigenvalue weighted by atomic mass is 16.4. The van der Waals surface area contributed by atoms with Gasteiger partial charge in [0.25, 0.3) is 0 Å². The fraction of sp³-hybridized carbons (Fsp3) is 0.286. The summed E-state index contributed by atoms with van der Waals surface area (Å²) in [6.07, 6.45) is 2.64. The first-order valence-corrected chi connectivity index (χ1v) is 3.38. The van der Waals surface area contributed by atoms with Gasteiger partial charge in [-0.2, -0.15) is 0 Å². The molecule has 5 heteroatoms. The van der Waals surface area contributed by atoms with Gasteiger partial charge in [-0.3, -0.25) is 9.59 Å². The van der Waals surface area contributed by atoms with Gasteiger partial charge in [-0.1, -0.05) is 0 Å². The maximum Gasteiger partial charge on any atom is 0.314 e. The van der Waals surface area contributed by atoms with Crippen LogP contribution in [0.3, 0.4) is 0 Å². The number of hydrogen-bond donors (Lipinski definition) is 2. The fourth-order valence-electron chi connectivity index (χ4n) is 0.736. The van der Waals surface area contributed by atoms with E-state index < -0.39 is 17.7 Å². The molecule has 64 valence electrons. The number of carboxylic acid groups (broad SMARTS) is 1. The Kier molecular flexibility index (Phi) is 2.23. The molecule has 0 aliphatic heterocycles. The van der Waals surface area contributed by atoms with E-state index in [1.54, 1.807) is 0 Å². The monoisotopic (exact) mass is 168 g/mol. The predicted molar refractivity (Wildman–Crippen MR) is 39.7 cm³/mol. The van der Waals surface area contributed by atoms with E-state index in [-0.39, 0.29) is 5.69 Å². The molecule has 0 saturated heterocycles. The number of rotatable bonds is 3. The first-order chi connectivity index (χ1) is 5.63. The first-order valence-electron chi connectivity index (χ1n) is 3.38. The summed E-state index contributed by atoms with van der Waals surface area (Å²) in [4.78, 5) is 27.7. The fourth-order valence-corrected chi connectivity index (χ4v) is 0.736. The number of ketones is 1. The van der Waals surface area contributed by atoms with E-state index in [2.05, 4.69) is 9.97 Å². The lowest BCUT2D eigenvalue weighted by molar-refractivity contribution is -0.139. The number of H-pyrrole nitrogens is 1. The zero-order valence-electron chi connectivity index (χ0n) is 6.44. The third-order valence-electron chi connectivity index (χ3n) is 1.53. The highest BCUT2D eigenvalue weighted by Crippen LogP contribution is 2.04. The van der Waals surface area contributed by atoms with Crippen molar-refractivity contribution in [2.75, 3.05) is 0 Å². The maximum absolute atomic E-state index is 11.2. The smallest absolute Gasteiger partial charge is 0.314 e.